The normalized spacial score (nSPS) is 10.6. The van der Waals surface area contributed by atoms with E-state index in [1.807, 2.05) is 25.1 Å². The highest BCUT2D eigenvalue weighted by molar-refractivity contribution is 5.38. The van der Waals surface area contributed by atoms with Gasteiger partial charge in [-0.1, -0.05) is 32.0 Å². The Bertz CT molecular complexity index is 555. The Hall–Kier alpha value is -2.10. The third-order valence-electron chi connectivity index (χ3n) is 2.76. The molecular weight excluding hydrogens is 250 g/mol. The summed E-state index contributed by atoms with van der Waals surface area (Å²) in [6.45, 7) is 7.61. The van der Waals surface area contributed by atoms with Crippen LogP contribution >= 0.6 is 0 Å². The average molecular weight is 271 g/mol. The van der Waals surface area contributed by atoms with Crippen molar-refractivity contribution in [2.75, 3.05) is 11.9 Å². The summed E-state index contributed by atoms with van der Waals surface area (Å²) >= 11 is 0. The van der Waals surface area contributed by atoms with Crippen molar-refractivity contribution in [3.05, 3.63) is 47.9 Å². The fourth-order valence-electron chi connectivity index (χ4n) is 1.78. The van der Waals surface area contributed by atoms with Gasteiger partial charge in [-0.05, 0) is 18.9 Å². The zero-order valence-electron chi connectivity index (χ0n) is 12.3. The number of nitrogens with one attached hydrogen (secondary N) is 1. The molecule has 0 atom stereocenters. The van der Waals surface area contributed by atoms with Crippen LogP contribution in [0.1, 0.15) is 25.1 Å². The number of ether oxygens (including phenoxy) is 1. The minimum atomic E-state index is 0.513. The van der Waals surface area contributed by atoms with E-state index in [2.05, 4.69) is 35.2 Å². The monoisotopic (exact) mass is 271 g/mol. The minimum Gasteiger partial charge on any atom is -0.493 e. The average Bonchev–Trinajstić information content (AvgIpc) is 2.44. The molecule has 1 heterocycles. The third-order valence-corrected chi connectivity index (χ3v) is 2.76. The quantitative estimate of drug-likeness (QED) is 0.874. The van der Waals surface area contributed by atoms with Gasteiger partial charge in [-0.25, -0.2) is 4.98 Å². The second-order valence-electron chi connectivity index (χ2n) is 5.21. The van der Waals surface area contributed by atoms with E-state index >= 15 is 0 Å². The number of hydrogen-bond acceptors (Lipinski definition) is 4. The van der Waals surface area contributed by atoms with Crippen LogP contribution in [-0.2, 0) is 6.54 Å². The molecular formula is C16H21N3O. The van der Waals surface area contributed by atoms with Crippen LogP contribution < -0.4 is 10.1 Å². The fraction of sp³-hybridized carbons (Fsp3) is 0.375. The van der Waals surface area contributed by atoms with Crippen molar-refractivity contribution < 1.29 is 4.74 Å². The number of rotatable bonds is 6. The molecule has 2 aromatic rings. The highest BCUT2D eigenvalue weighted by Gasteiger charge is 2.04. The van der Waals surface area contributed by atoms with Crippen molar-refractivity contribution in [2.24, 2.45) is 5.92 Å². The van der Waals surface area contributed by atoms with E-state index < -0.39 is 0 Å². The number of aromatic nitrogens is 2. The highest BCUT2D eigenvalue weighted by Crippen LogP contribution is 2.19. The molecule has 4 nitrogen and oxygen atoms in total. The third kappa shape index (κ3) is 4.23. The molecule has 4 heteroatoms. The van der Waals surface area contributed by atoms with Crippen molar-refractivity contribution >= 4 is 5.82 Å². The standard InChI is InChI=1S/C16H21N3O/c1-12(2)11-20-15-7-5-4-6-14(15)9-18-16-10-17-8-13(3)19-16/h4-8,10,12H,9,11H2,1-3H3,(H,18,19). The molecule has 0 unspecified atom stereocenters. The Labute approximate surface area is 120 Å². The molecule has 0 aliphatic carbocycles. The van der Waals surface area contributed by atoms with Gasteiger partial charge in [-0.3, -0.25) is 4.98 Å². The van der Waals surface area contributed by atoms with Gasteiger partial charge < -0.3 is 10.1 Å². The fourth-order valence-corrected chi connectivity index (χ4v) is 1.78. The Morgan fingerprint density at radius 2 is 2.00 bits per heavy atom. The lowest BCUT2D eigenvalue weighted by Crippen LogP contribution is -2.08. The summed E-state index contributed by atoms with van der Waals surface area (Å²) in [5, 5.41) is 3.28. The van der Waals surface area contributed by atoms with Crippen molar-refractivity contribution in [1.29, 1.82) is 0 Å². The van der Waals surface area contributed by atoms with Crippen LogP contribution in [0, 0.1) is 12.8 Å². The summed E-state index contributed by atoms with van der Waals surface area (Å²) in [6.07, 6.45) is 3.47. The van der Waals surface area contributed by atoms with Crippen LogP contribution in [0.2, 0.25) is 0 Å². The van der Waals surface area contributed by atoms with Crippen molar-refractivity contribution in [3.63, 3.8) is 0 Å². The van der Waals surface area contributed by atoms with Crippen LogP contribution in [-0.4, -0.2) is 16.6 Å². The van der Waals surface area contributed by atoms with Gasteiger partial charge in [0.05, 0.1) is 18.5 Å². The van der Waals surface area contributed by atoms with Gasteiger partial charge in [0.25, 0.3) is 0 Å². The van der Waals surface area contributed by atoms with E-state index in [0.717, 1.165) is 29.4 Å². The van der Waals surface area contributed by atoms with Crippen LogP contribution in [0.5, 0.6) is 5.75 Å². The van der Waals surface area contributed by atoms with Gasteiger partial charge >= 0.3 is 0 Å². The van der Waals surface area contributed by atoms with Gasteiger partial charge in [0, 0.05) is 18.3 Å². The Morgan fingerprint density at radius 3 is 2.75 bits per heavy atom. The largest absolute Gasteiger partial charge is 0.493 e. The first-order valence-corrected chi connectivity index (χ1v) is 6.88. The molecule has 0 radical (unpaired) electrons. The summed E-state index contributed by atoms with van der Waals surface area (Å²) in [4.78, 5) is 8.50. The summed E-state index contributed by atoms with van der Waals surface area (Å²) in [6, 6.07) is 8.07. The summed E-state index contributed by atoms with van der Waals surface area (Å²) in [7, 11) is 0. The number of anilines is 1. The molecule has 1 aromatic carbocycles. The molecule has 0 amide bonds. The second-order valence-corrected chi connectivity index (χ2v) is 5.21. The van der Waals surface area contributed by atoms with E-state index in [-0.39, 0.29) is 0 Å². The first-order valence-electron chi connectivity index (χ1n) is 6.88. The van der Waals surface area contributed by atoms with Gasteiger partial charge in [-0.15, -0.1) is 0 Å². The van der Waals surface area contributed by atoms with Crippen molar-refractivity contribution in [3.8, 4) is 5.75 Å². The van der Waals surface area contributed by atoms with Crippen molar-refractivity contribution in [2.45, 2.75) is 27.3 Å². The lowest BCUT2D eigenvalue weighted by molar-refractivity contribution is 0.269. The van der Waals surface area contributed by atoms with Gasteiger partial charge in [0.2, 0.25) is 0 Å². The molecule has 1 N–H and O–H groups in total. The van der Waals surface area contributed by atoms with E-state index in [4.69, 9.17) is 4.74 Å². The van der Waals surface area contributed by atoms with Gasteiger partial charge in [0.15, 0.2) is 0 Å². The molecule has 0 bridgehead atoms. The number of hydrogen-bond donors (Lipinski definition) is 1. The molecule has 0 aliphatic rings. The number of nitrogens with zero attached hydrogens (tertiary/aromatic N) is 2. The summed E-state index contributed by atoms with van der Waals surface area (Å²) in [5.41, 5.74) is 2.02. The predicted molar refractivity (Wildman–Crippen MR) is 80.9 cm³/mol. The number of para-hydroxylation sites is 1. The zero-order valence-corrected chi connectivity index (χ0v) is 12.3. The lowest BCUT2D eigenvalue weighted by atomic mass is 10.2. The Balaban J connectivity index is 2.02. The molecule has 0 saturated carbocycles. The smallest absolute Gasteiger partial charge is 0.145 e. The molecule has 0 saturated heterocycles. The maximum Gasteiger partial charge on any atom is 0.145 e. The maximum atomic E-state index is 5.83. The lowest BCUT2D eigenvalue weighted by Gasteiger charge is -2.13. The number of benzene rings is 1. The van der Waals surface area contributed by atoms with E-state index in [9.17, 15) is 0 Å². The molecule has 0 spiro atoms. The SMILES string of the molecule is Cc1cncc(NCc2ccccc2OCC(C)C)n1. The summed E-state index contributed by atoms with van der Waals surface area (Å²) < 4.78 is 5.83. The van der Waals surface area contributed by atoms with E-state index in [1.54, 1.807) is 12.4 Å². The van der Waals surface area contributed by atoms with Crippen LogP contribution in [0.25, 0.3) is 0 Å². The highest BCUT2D eigenvalue weighted by atomic mass is 16.5. The van der Waals surface area contributed by atoms with Gasteiger partial charge in [-0.2, -0.15) is 0 Å². The molecule has 106 valence electrons. The second kappa shape index (κ2) is 6.89. The first kappa shape index (κ1) is 14.3. The molecule has 0 fully saturated rings. The van der Waals surface area contributed by atoms with Crippen LogP contribution in [0.3, 0.4) is 0 Å². The summed E-state index contributed by atoms with van der Waals surface area (Å²) in [5.74, 6) is 2.22. The molecule has 20 heavy (non-hydrogen) atoms. The van der Waals surface area contributed by atoms with Crippen molar-refractivity contribution in [1.82, 2.24) is 9.97 Å². The minimum absolute atomic E-state index is 0.513. The van der Waals surface area contributed by atoms with Gasteiger partial charge in [0.1, 0.15) is 11.6 Å². The van der Waals surface area contributed by atoms with Crippen LogP contribution in [0.4, 0.5) is 5.82 Å². The zero-order chi connectivity index (χ0) is 14.4. The maximum absolute atomic E-state index is 5.83. The Morgan fingerprint density at radius 1 is 1.20 bits per heavy atom. The number of aryl methyl sites for hydroxylation is 1. The predicted octanol–water partition coefficient (Wildman–Crippen LogP) is 3.43. The first-order chi connectivity index (χ1) is 9.65. The van der Waals surface area contributed by atoms with E-state index in [1.165, 1.54) is 0 Å². The Kier molecular flexibility index (Phi) is 4.93. The molecule has 2 rings (SSSR count). The molecule has 0 aliphatic heterocycles. The van der Waals surface area contributed by atoms with E-state index in [0.29, 0.717) is 12.5 Å². The topological polar surface area (TPSA) is 47.0 Å². The molecule has 1 aromatic heterocycles. The van der Waals surface area contributed by atoms with Crippen LogP contribution in [0.15, 0.2) is 36.7 Å².